The molecule has 2 amide bonds. The summed E-state index contributed by atoms with van der Waals surface area (Å²) in [5.41, 5.74) is 7.89. The van der Waals surface area contributed by atoms with Crippen molar-refractivity contribution in [3.63, 3.8) is 0 Å². The maximum atomic E-state index is 12.8. The Kier molecular flexibility index (Phi) is 7.09. The standard InChI is InChI=1S/C22H25N3O5S/c1-4-25-12-14(15-7-5-6-8-16(15)25)11-17(26)24-21-18(22(28)30-10-9-29-3)13(2)19(31-21)20(23)27/h5-8,12H,4,9-11H2,1-3H3,(H2,23,27)(H,24,26). The monoisotopic (exact) mass is 443 g/mol. The van der Waals surface area contributed by atoms with E-state index < -0.39 is 11.9 Å². The van der Waals surface area contributed by atoms with E-state index in [-0.39, 0.29) is 41.0 Å². The molecule has 0 aliphatic rings. The summed E-state index contributed by atoms with van der Waals surface area (Å²) < 4.78 is 12.2. The van der Waals surface area contributed by atoms with Gasteiger partial charge in [-0.15, -0.1) is 11.3 Å². The van der Waals surface area contributed by atoms with Crippen LogP contribution in [0.1, 0.15) is 38.1 Å². The first-order valence-corrected chi connectivity index (χ1v) is 10.6. The van der Waals surface area contributed by atoms with Gasteiger partial charge in [-0.05, 0) is 31.0 Å². The topological polar surface area (TPSA) is 113 Å². The van der Waals surface area contributed by atoms with Crippen LogP contribution in [0.3, 0.4) is 0 Å². The SMILES string of the molecule is CCn1cc(CC(=O)Nc2sc(C(N)=O)c(C)c2C(=O)OCCOC)c2ccccc21. The number of rotatable bonds is 9. The number of hydrogen-bond acceptors (Lipinski definition) is 6. The van der Waals surface area contributed by atoms with Gasteiger partial charge in [0.1, 0.15) is 11.6 Å². The summed E-state index contributed by atoms with van der Waals surface area (Å²) in [4.78, 5) is 37.4. The lowest BCUT2D eigenvalue weighted by molar-refractivity contribution is -0.115. The van der Waals surface area contributed by atoms with E-state index in [0.29, 0.717) is 5.56 Å². The van der Waals surface area contributed by atoms with E-state index in [0.717, 1.165) is 34.3 Å². The van der Waals surface area contributed by atoms with E-state index >= 15 is 0 Å². The van der Waals surface area contributed by atoms with E-state index in [1.807, 2.05) is 37.4 Å². The minimum atomic E-state index is -0.667. The highest BCUT2D eigenvalue weighted by molar-refractivity contribution is 7.18. The molecule has 9 heteroatoms. The van der Waals surface area contributed by atoms with Crippen LogP contribution in [0.5, 0.6) is 0 Å². The Balaban J connectivity index is 1.86. The Bertz CT molecular complexity index is 1130. The molecule has 3 rings (SSSR count). The van der Waals surface area contributed by atoms with Gasteiger partial charge in [0, 0.05) is 30.8 Å². The van der Waals surface area contributed by atoms with Crippen molar-refractivity contribution in [3.05, 3.63) is 52.0 Å². The van der Waals surface area contributed by atoms with Gasteiger partial charge in [0.15, 0.2) is 0 Å². The molecule has 0 saturated heterocycles. The molecule has 0 bridgehead atoms. The van der Waals surface area contributed by atoms with Gasteiger partial charge in [-0.3, -0.25) is 9.59 Å². The van der Waals surface area contributed by atoms with Crippen molar-refractivity contribution in [1.29, 1.82) is 0 Å². The van der Waals surface area contributed by atoms with Crippen molar-refractivity contribution in [2.24, 2.45) is 5.73 Å². The van der Waals surface area contributed by atoms with Crippen LogP contribution in [0.15, 0.2) is 30.5 Å². The van der Waals surface area contributed by atoms with Crippen molar-refractivity contribution in [2.75, 3.05) is 25.6 Å². The molecular weight excluding hydrogens is 418 g/mol. The highest BCUT2D eigenvalue weighted by Gasteiger charge is 2.26. The van der Waals surface area contributed by atoms with E-state index in [1.54, 1.807) is 6.92 Å². The number of esters is 1. The zero-order chi connectivity index (χ0) is 22.5. The zero-order valence-corrected chi connectivity index (χ0v) is 18.5. The van der Waals surface area contributed by atoms with E-state index in [9.17, 15) is 14.4 Å². The molecule has 2 aromatic heterocycles. The lowest BCUT2D eigenvalue weighted by atomic mass is 10.1. The van der Waals surface area contributed by atoms with Crippen molar-refractivity contribution in [3.8, 4) is 0 Å². The maximum Gasteiger partial charge on any atom is 0.341 e. The second-order valence-electron chi connectivity index (χ2n) is 6.94. The van der Waals surface area contributed by atoms with Gasteiger partial charge in [0.25, 0.3) is 5.91 Å². The normalized spacial score (nSPS) is 10.9. The average molecular weight is 444 g/mol. The number of hydrogen-bond donors (Lipinski definition) is 2. The fraction of sp³-hybridized carbons (Fsp3) is 0.318. The number of aryl methyl sites for hydroxylation is 1. The minimum Gasteiger partial charge on any atom is -0.460 e. The Morgan fingerprint density at radius 2 is 1.94 bits per heavy atom. The molecule has 0 saturated carbocycles. The van der Waals surface area contributed by atoms with Gasteiger partial charge in [-0.1, -0.05) is 18.2 Å². The van der Waals surface area contributed by atoms with Gasteiger partial charge in [0.2, 0.25) is 5.91 Å². The first-order chi connectivity index (χ1) is 14.9. The van der Waals surface area contributed by atoms with Crippen LogP contribution in [0.2, 0.25) is 0 Å². The number of benzene rings is 1. The number of nitrogens with two attached hydrogens (primary N) is 1. The number of methoxy groups -OCH3 is 1. The number of nitrogens with one attached hydrogen (secondary N) is 1. The molecule has 0 aliphatic heterocycles. The largest absolute Gasteiger partial charge is 0.460 e. The summed E-state index contributed by atoms with van der Waals surface area (Å²) in [6.07, 6.45) is 2.08. The third-order valence-corrected chi connectivity index (χ3v) is 6.13. The molecule has 0 atom stereocenters. The second-order valence-corrected chi connectivity index (χ2v) is 7.96. The third kappa shape index (κ3) is 4.78. The summed E-state index contributed by atoms with van der Waals surface area (Å²) in [5.74, 6) is -1.61. The molecule has 3 aromatic rings. The van der Waals surface area contributed by atoms with Gasteiger partial charge in [-0.25, -0.2) is 4.79 Å². The van der Waals surface area contributed by atoms with Crippen LogP contribution in [0, 0.1) is 6.92 Å². The predicted molar refractivity (Wildman–Crippen MR) is 120 cm³/mol. The number of aromatic nitrogens is 1. The summed E-state index contributed by atoms with van der Waals surface area (Å²) in [5, 5.41) is 4.02. The fourth-order valence-electron chi connectivity index (χ4n) is 3.44. The number of para-hydroxylation sites is 1. The van der Waals surface area contributed by atoms with Crippen LogP contribution in [0.25, 0.3) is 10.9 Å². The average Bonchev–Trinajstić information content (AvgIpc) is 3.25. The Hall–Kier alpha value is -3.17. The first-order valence-electron chi connectivity index (χ1n) is 9.83. The molecule has 0 spiro atoms. The van der Waals surface area contributed by atoms with Gasteiger partial charge < -0.3 is 25.1 Å². The Morgan fingerprint density at radius 3 is 2.61 bits per heavy atom. The summed E-state index contributed by atoms with van der Waals surface area (Å²) in [6, 6.07) is 7.87. The Labute approximate surface area is 183 Å². The molecule has 8 nitrogen and oxygen atoms in total. The number of ether oxygens (including phenoxy) is 2. The van der Waals surface area contributed by atoms with Crippen molar-refractivity contribution in [1.82, 2.24) is 4.57 Å². The lowest BCUT2D eigenvalue weighted by Crippen LogP contribution is -2.17. The molecule has 2 heterocycles. The molecule has 1 aromatic carbocycles. The van der Waals surface area contributed by atoms with E-state index in [4.69, 9.17) is 15.2 Å². The molecule has 3 N–H and O–H groups in total. The summed E-state index contributed by atoms with van der Waals surface area (Å²) in [7, 11) is 1.50. The van der Waals surface area contributed by atoms with Gasteiger partial charge >= 0.3 is 5.97 Å². The molecule has 31 heavy (non-hydrogen) atoms. The second kappa shape index (κ2) is 9.76. The lowest BCUT2D eigenvalue weighted by Gasteiger charge is -2.08. The van der Waals surface area contributed by atoms with E-state index in [1.165, 1.54) is 7.11 Å². The molecule has 164 valence electrons. The highest BCUT2D eigenvalue weighted by atomic mass is 32.1. The van der Waals surface area contributed by atoms with Crippen LogP contribution >= 0.6 is 11.3 Å². The quantitative estimate of drug-likeness (QED) is 0.390. The number of nitrogens with zero attached hydrogens (tertiary/aromatic N) is 1. The van der Waals surface area contributed by atoms with Gasteiger partial charge in [0.05, 0.1) is 23.5 Å². The molecule has 0 fully saturated rings. The number of carbonyl (C=O) groups is 3. The Morgan fingerprint density at radius 1 is 1.19 bits per heavy atom. The molecule has 0 unspecified atom stereocenters. The van der Waals surface area contributed by atoms with E-state index in [2.05, 4.69) is 9.88 Å². The van der Waals surface area contributed by atoms with Crippen molar-refractivity contribution >= 4 is 45.0 Å². The number of carbonyl (C=O) groups excluding carboxylic acids is 3. The molecular formula is C22H25N3O5S. The smallest absolute Gasteiger partial charge is 0.341 e. The summed E-state index contributed by atoms with van der Waals surface area (Å²) >= 11 is 0.970. The number of fused-ring (bicyclic) bond motifs is 1. The van der Waals surface area contributed by atoms with Crippen molar-refractivity contribution in [2.45, 2.75) is 26.8 Å². The fourth-order valence-corrected chi connectivity index (χ4v) is 4.50. The molecule has 0 aliphatic carbocycles. The zero-order valence-electron chi connectivity index (χ0n) is 17.7. The van der Waals surface area contributed by atoms with Crippen LogP contribution in [-0.2, 0) is 27.2 Å². The first kappa shape index (κ1) is 22.5. The van der Waals surface area contributed by atoms with Crippen LogP contribution < -0.4 is 11.1 Å². The third-order valence-electron chi connectivity index (χ3n) is 4.91. The van der Waals surface area contributed by atoms with Gasteiger partial charge in [-0.2, -0.15) is 0 Å². The number of anilines is 1. The number of thiophene rings is 1. The minimum absolute atomic E-state index is 0.0560. The maximum absolute atomic E-state index is 12.8. The molecule has 0 radical (unpaired) electrons. The highest BCUT2D eigenvalue weighted by Crippen LogP contribution is 2.34. The number of primary amides is 1. The van der Waals surface area contributed by atoms with Crippen LogP contribution in [-0.4, -0.2) is 42.7 Å². The summed E-state index contributed by atoms with van der Waals surface area (Å²) in [6.45, 7) is 4.72. The van der Waals surface area contributed by atoms with Crippen molar-refractivity contribution < 1.29 is 23.9 Å². The van der Waals surface area contributed by atoms with Crippen LogP contribution in [0.4, 0.5) is 5.00 Å². The number of amides is 2. The predicted octanol–water partition coefficient (Wildman–Crippen LogP) is 3.11.